The van der Waals surface area contributed by atoms with Crippen LogP contribution in [0.2, 0.25) is 0 Å². The number of hydrogen-bond donors (Lipinski definition) is 1. The number of alkyl halides is 1. The van der Waals surface area contributed by atoms with E-state index in [-0.39, 0.29) is 16.4 Å². The molecule has 0 saturated heterocycles. The molecule has 3 nitrogen and oxygen atoms in total. The fourth-order valence-corrected chi connectivity index (χ4v) is 1.32. The summed E-state index contributed by atoms with van der Waals surface area (Å²) < 4.78 is 4.90. The van der Waals surface area contributed by atoms with Crippen molar-refractivity contribution in [1.29, 1.82) is 0 Å². The highest BCUT2D eigenvalue weighted by Crippen LogP contribution is 2.27. The van der Waals surface area contributed by atoms with Gasteiger partial charge in [-0.05, 0) is 25.1 Å². The van der Waals surface area contributed by atoms with E-state index in [9.17, 15) is 9.90 Å². The highest BCUT2D eigenvalue weighted by Gasteiger charge is 2.13. The van der Waals surface area contributed by atoms with E-state index >= 15 is 0 Å². The SMILES string of the molecule is COc1cc(C(=O)C(C)Br)ccc1O. The largest absolute Gasteiger partial charge is 0.504 e. The number of methoxy groups -OCH3 is 1. The molecule has 0 bridgehead atoms. The van der Waals surface area contributed by atoms with Crippen LogP contribution in [0, 0.1) is 0 Å². The second-order valence-corrected chi connectivity index (χ2v) is 4.24. The molecule has 1 rings (SSSR count). The van der Waals surface area contributed by atoms with Crippen LogP contribution in [-0.4, -0.2) is 22.8 Å². The molecular formula is C10H11BrO3. The number of hydrogen-bond acceptors (Lipinski definition) is 3. The summed E-state index contributed by atoms with van der Waals surface area (Å²) in [5.41, 5.74) is 0.518. The Morgan fingerprint density at radius 1 is 1.57 bits per heavy atom. The Hall–Kier alpha value is -1.03. The topological polar surface area (TPSA) is 46.5 Å². The van der Waals surface area contributed by atoms with Crippen LogP contribution in [0.1, 0.15) is 17.3 Å². The maximum atomic E-state index is 11.5. The maximum Gasteiger partial charge on any atom is 0.176 e. The van der Waals surface area contributed by atoms with E-state index in [2.05, 4.69) is 15.9 Å². The molecule has 0 radical (unpaired) electrons. The van der Waals surface area contributed by atoms with Gasteiger partial charge in [-0.25, -0.2) is 0 Å². The number of ketones is 1. The first kappa shape index (κ1) is 11.0. The molecule has 1 aromatic carbocycles. The van der Waals surface area contributed by atoms with Gasteiger partial charge in [0.15, 0.2) is 17.3 Å². The Balaban J connectivity index is 3.06. The Morgan fingerprint density at radius 3 is 2.71 bits per heavy atom. The van der Waals surface area contributed by atoms with Gasteiger partial charge in [0.1, 0.15) is 0 Å². The molecule has 0 aromatic heterocycles. The molecule has 0 heterocycles. The molecule has 1 atom stereocenters. The summed E-state index contributed by atoms with van der Waals surface area (Å²) in [6.07, 6.45) is 0. The van der Waals surface area contributed by atoms with Crippen molar-refractivity contribution >= 4 is 21.7 Å². The molecule has 4 heteroatoms. The fraction of sp³-hybridized carbons (Fsp3) is 0.300. The number of benzene rings is 1. The van der Waals surface area contributed by atoms with Crippen molar-refractivity contribution in [2.45, 2.75) is 11.8 Å². The quantitative estimate of drug-likeness (QED) is 0.669. The lowest BCUT2D eigenvalue weighted by Crippen LogP contribution is -2.09. The van der Waals surface area contributed by atoms with Gasteiger partial charge in [-0.15, -0.1) is 0 Å². The third-order valence-corrected chi connectivity index (χ3v) is 2.24. The molecule has 0 fully saturated rings. The number of Topliss-reactive ketones (excluding diaryl/α,β-unsaturated/α-hetero) is 1. The lowest BCUT2D eigenvalue weighted by molar-refractivity contribution is 0.0995. The van der Waals surface area contributed by atoms with Crippen molar-refractivity contribution in [3.8, 4) is 11.5 Å². The van der Waals surface area contributed by atoms with Crippen LogP contribution >= 0.6 is 15.9 Å². The van der Waals surface area contributed by atoms with E-state index in [1.165, 1.54) is 19.2 Å². The molecule has 14 heavy (non-hydrogen) atoms. The third-order valence-electron chi connectivity index (χ3n) is 1.83. The van der Waals surface area contributed by atoms with Crippen LogP contribution in [0.5, 0.6) is 11.5 Å². The van der Waals surface area contributed by atoms with Crippen LogP contribution < -0.4 is 4.74 Å². The van der Waals surface area contributed by atoms with Crippen LogP contribution in [0.4, 0.5) is 0 Å². The predicted molar refractivity (Wildman–Crippen MR) is 57.4 cm³/mol. The monoisotopic (exact) mass is 258 g/mol. The molecule has 0 spiro atoms. The van der Waals surface area contributed by atoms with Gasteiger partial charge in [-0.3, -0.25) is 4.79 Å². The number of carbonyl (C=O) groups excluding carboxylic acids is 1. The molecule has 1 unspecified atom stereocenters. The molecule has 1 aromatic rings. The Labute approximate surface area is 90.8 Å². The first-order chi connectivity index (χ1) is 6.56. The minimum Gasteiger partial charge on any atom is -0.504 e. The van der Waals surface area contributed by atoms with Crippen molar-refractivity contribution in [3.05, 3.63) is 23.8 Å². The van der Waals surface area contributed by atoms with Crippen LogP contribution in [-0.2, 0) is 0 Å². The Bertz CT molecular complexity index is 347. The summed E-state index contributed by atoms with van der Waals surface area (Å²) in [7, 11) is 1.45. The zero-order valence-electron chi connectivity index (χ0n) is 7.95. The average molecular weight is 259 g/mol. The number of carbonyl (C=O) groups is 1. The Kier molecular flexibility index (Phi) is 3.52. The van der Waals surface area contributed by atoms with Gasteiger partial charge in [0, 0.05) is 5.56 Å². The number of rotatable bonds is 3. The van der Waals surface area contributed by atoms with E-state index in [1.807, 2.05) is 0 Å². The third kappa shape index (κ3) is 2.26. The molecular weight excluding hydrogens is 248 g/mol. The van der Waals surface area contributed by atoms with Crippen LogP contribution in [0.15, 0.2) is 18.2 Å². The zero-order chi connectivity index (χ0) is 10.7. The van der Waals surface area contributed by atoms with Crippen LogP contribution in [0.3, 0.4) is 0 Å². The summed E-state index contributed by atoms with van der Waals surface area (Å²) in [5, 5.41) is 9.31. The smallest absolute Gasteiger partial charge is 0.176 e. The molecule has 0 aliphatic rings. The average Bonchev–Trinajstić information content (AvgIpc) is 2.17. The normalized spacial score (nSPS) is 12.2. The number of halogens is 1. The van der Waals surface area contributed by atoms with Crippen molar-refractivity contribution in [1.82, 2.24) is 0 Å². The summed E-state index contributed by atoms with van der Waals surface area (Å²) in [6.45, 7) is 1.75. The highest BCUT2D eigenvalue weighted by molar-refractivity contribution is 9.10. The summed E-state index contributed by atoms with van der Waals surface area (Å²) >= 11 is 3.19. The number of phenols is 1. The molecule has 0 aliphatic heterocycles. The number of phenolic OH excluding ortho intramolecular Hbond substituents is 1. The van der Waals surface area contributed by atoms with E-state index in [0.29, 0.717) is 11.3 Å². The van der Waals surface area contributed by atoms with Gasteiger partial charge in [0.05, 0.1) is 11.9 Å². The van der Waals surface area contributed by atoms with Gasteiger partial charge in [-0.2, -0.15) is 0 Å². The molecule has 0 saturated carbocycles. The maximum absolute atomic E-state index is 11.5. The number of aromatic hydroxyl groups is 1. The molecule has 76 valence electrons. The van der Waals surface area contributed by atoms with Crippen molar-refractivity contribution in [2.75, 3.05) is 7.11 Å². The van der Waals surface area contributed by atoms with E-state index in [1.54, 1.807) is 13.0 Å². The highest BCUT2D eigenvalue weighted by atomic mass is 79.9. The number of ether oxygens (including phenoxy) is 1. The summed E-state index contributed by atoms with van der Waals surface area (Å²) in [5.74, 6) is 0.304. The minimum atomic E-state index is -0.239. The van der Waals surface area contributed by atoms with Crippen molar-refractivity contribution in [2.24, 2.45) is 0 Å². The Morgan fingerprint density at radius 2 is 2.21 bits per heavy atom. The minimum absolute atomic E-state index is 0.0336. The molecule has 0 aliphatic carbocycles. The fourth-order valence-electron chi connectivity index (χ4n) is 1.06. The lowest BCUT2D eigenvalue weighted by Gasteiger charge is -2.06. The van der Waals surface area contributed by atoms with Gasteiger partial charge < -0.3 is 9.84 Å². The van der Waals surface area contributed by atoms with Gasteiger partial charge in [0.2, 0.25) is 0 Å². The molecule has 1 N–H and O–H groups in total. The first-order valence-electron chi connectivity index (χ1n) is 4.11. The van der Waals surface area contributed by atoms with Crippen molar-refractivity contribution in [3.63, 3.8) is 0 Å². The lowest BCUT2D eigenvalue weighted by atomic mass is 10.1. The standard InChI is InChI=1S/C10H11BrO3/c1-6(11)10(13)7-3-4-8(12)9(5-7)14-2/h3-6,12H,1-2H3. The second kappa shape index (κ2) is 4.46. The summed E-state index contributed by atoms with van der Waals surface area (Å²) in [6, 6.07) is 4.54. The van der Waals surface area contributed by atoms with Crippen molar-refractivity contribution < 1.29 is 14.6 Å². The van der Waals surface area contributed by atoms with E-state index < -0.39 is 0 Å². The predicted octanol–water partition coefficient (Wildman–Crippen LogP) is 2.37. The van der Waals surface area contributed by atoms with Crippen LogP contribution in [0.25, 0.3) is 0 Å². The zero-order valence-corrected chi connectivity index (χ0v) is 9.54. The first-order valence-corrected chi connectivity index (χ1v) is 5.03. The van der Waals surface area contributed by atoms with Gasteiger partial charge in [-0.1, -0.05) is 15.9 Å². The van der Waals surface area contributed by atoms with E-state index in [0.717, 1.165) is 0 Å². The summed E-state index contributed by atoms with van der Waals surface area (Å²) in [4.78, 5) is 11.3. The van der Waals surface area contributed by atoms with E-state index in [4.69, 9.17) is 4.74 Å². The second-order valence-electron chi connectivity index (χ2n) is 2.87. The van der Waals surface area contributed by atoms with Gasteiger partial charge >= 0.3 is 0 Å². The molecule has 0 amide bonds. The van der Waals surface area contributed by atoms with Gasteiger partial charge in [0.25, 0.3) is 0 Å².